The molecule has 1 aliphatic heterocycles. The minimum absolute atomic E-state index is 0.130. The monoisotopic (exact) mass is 721 g/mol. The second kappa shape index (κ2) is 12.7. The van der Waals surface area contributed by atoms with Crippen LogP contribution in [0.4, 0.5) is 5.69 Å². The Morgan fingerprint density at radius 2 is 1.62 bits per heavy atom. The summed E-state index contributed by atoms with van der Waals surface area (Å²) in [5.74, 6) is -0.123. The number of sulfonamides is 1. The maximum absolute atomic E-state index is 13.8. The van der Waals surface area contributed by atoms with Crippen LogP contribution in [-0.2, 0) is 14.8 Å². The SMILES string of the molecule is COc1c(Br)c2c(c(Br)c1OC)C(CC(=O)c1ccccc1)N(C(=O)[C@H](C)NS(=O)(=O)c1ccc([N+](=O)[O-])cc1)C=C2. The lowest BCUT2D eigenvalue weighted by Gasteiger charge is -2.36. The van der Waals surface area contributed by atoms with E-state index in [-0.39, 0.29) is 22.8 Å². The molecule has 0 aliphatic carbocycles. The molecule has 11 nitrogen and oxygen atoms in total. The number of rotatable bonds is 10. The van der Waals surface area contributed by atoms with Crippen LogP contribution in [0.25, 0.3) is 6.08 Å². The van der Waals surface area contributed by atoms with Gasteiger partial charge < -0.3 is 14.4 Å². The molecule has 1 aliphatic rings. The zero-order valence-electron chi connectivity index (χ0n) is 22.5. The number of benzene rings is 3. The van der Waals surface area contributed by atoms with Crippen molar-refractivity contribution in [1.82, 2.24) is 9.62 Å². The molecule has 0 spiro atoms. The number of carbonyl (C=O) groups excluding carboxylic acids is 2. The lowest BCUT2D eigenvalue weighted by Crippen LogP contribution is -2.47. The van der Waals surface area contributed by atoms with Gasteiger partial charge in [-0.3, -0.25) is 19.7 Å². The Hall–Kier alpha value is -3.59. The summed E-state index contributed by atoms with van der Waals surface area (Å²) in [7, 11) is -1.28. The van der Waals surface area contributed by atoms with Gasteiger partial charge in [-0.1, -0.05) is 30.3 Å². The smallest absolute Gasteiger partial charge is 0.269 e. The van der Waals surface area contributed by atoms with Gasteiger partial charge in [0.05, 0.1) is 45.1 Å². The van der Waals surface area contributed by atoms with Gasteiger partial charge in [-0.2, -0.15) is 4.72 Å². The summed E-state index contributed by atoms with van der Waals surface area (Å²) >= 11 is 7.14. The van der Waals surface area contributed by atoms with E-state index in [2.05, 4.69) is 36.6 Å². The van der Waals surface area contributed by atoms with E-state index in [0.717, 1.165) is 24.3 Å². The molecule has 3 aromatic carbocycles. The van der Waals surface area contributed by atoms with E-state index in [1.807, 2.05) is 0 Å². The van der Waals surface area contributed by atoms with Crippen LogP contribution in [0.15, 0.2) is 74.6 Å². The maximum atomic E-state index is 13.8. The summed E-state index contributed by atoms with van der Waals surface area (Å²) in [6.45, 7) is 1.38. The Balaban J connectivity index is 1.73. The van der Waals surface area contributed by atoms with E-state index in [1.165, 1.54) is 32.2 Å². The van der Waals surface area contributed by atoms with E-state index >= 15 is 0 Å². The van der Waals surface area contributed by atoms with Crippen molar-refractivity contribution < 1.29 is 32.4 Å². The first-order valence-electron chi connectivity index (χ1n) is 12.4. The van der Waals surface area contributed by atoms with Gasteiger partial charge >= 0.3 is 0 Å². The normalized spacial score (nSPS) is 15.1. The summed E-state index contributed by atoms with van der Waals surface area (Å²) in [6, 6.07) is 10.8. The number of halogens is 2. The van der Waals surface area contributed by atoms with Gasteiger partial charge in [0.2, 0.25) is 15.9 Å². The molecule has 3 aromatic rings. The molecule has 0 saturated carbocycles. The molecule has 0 aromatic heterocycles. The zero-order valence-corrected chi connectivity index (χ0v) is 26.5. The predicted octanol–water partition coefficient (Wildman–Crippen LogP) is 5.63. The van der Waals surface area contributed by atoms with E-state index in [0.29, 0.717) is 37.1 Å². The molecule has 2 atom stereocenters. The minimum atomic E-state index is -4.23. The summed E-state index contributed by atoms with van der Waals surface area (Å²) < 4.78 is 40.5. The number of amides is 1. The first-order chi connectivity index (χ1) is 19.9. The lowest BCUT2D eigenvalue weighted by atomic mass is 9.90. The lowest BCUT2D eigenvalue weighted by molar-refractivity contribution is -0.384. The van der Waals surface area contributed by atoms with Crippen LogP contribution in [-0.4, -0.2) is 50.2 Å². The number of Topliss-reactive ketones (excluding diaryl/α,β-unsaturated/α-hetero) is 1. The van der Waals surface area contributed by atoms with E-state index < -0.39 is 32.9 Å². The molecule has 42 heavy (non-hydrogen) atoms. The first-order valence-corrected chi connectivity index (χ1v) is 15.5. The number of nitro benzene ring substituents is 1. The highest BCUT2D eigenvalue weighted by molar-refractivity contribution is 9.11. The van der Waals surface area contributed by atoms with E-state index in [1.54, 1.807) is 36.4 Å². The molecular formula is C28H25Br2N3O8S. The highest BCUT2D eigenvalue weighted by Crippen LogP contribution is 2.51. The third kappa shape index (κ3) is 6.11. The molecule has 1 heterocycles. The Morgan fingerprint density at radius 1 is 1.02 bits per heavy atom. The number of ketones is 1. The van der Waals surface area contributed by atoms with Crippen molar-refractivity contribution in [3.8, 4) is 11.5 Å². The highest BCUT2D eigenvalue weighted by atomic mass is 79.9. The van der Waals surface area contributed by atoms with Gasteiger partial charge in [-0.05, 0) is 57.0 Å². The summed E-state index contributed by atoms with van der Waals surface area (Å²) in [5, 5.41) is 10.9. The molecule has 0 saturated heterocycles. The number of carbonyl (C=O) groups is 2. The van der Waals surface area contributed by atoms with Crippen LogP contribution < -0.4 is 14.2 Å². The number of hydrogen-bond acceptors (Lipinski definition) is 8. The van der Waals surface area contributed by atoms with Crippen LogP contribution in [0.5, 0.6) is 11.5 Å². The van der Waals surface area contributed by atoms with Crippen LogP contribution in [0, 0.1) is 10.1 Å². The topological polar surface area (TPSA) is 145 Å². The Kier molecular flexibility index (Phi) is 9.50. The van der Waals surface area contributed by atoms with Crippen molar-refractivity contribution in [1.29, 1.82) is 0 Å². The first kappa shape index (κ1) is 31.3. The molecule has 0 fully saturated rings. The summed E-state index contributed by atoms with van der Waals surface area (Å²) in [6.07, 6.45) is 3.02. The molecule has 0 radical (unpaired) electrons. The standard InChI is InChI=1S/C28H25Br2N3O8S/c1-16(31-42(38,39)19-11-9-18(10-12-19)33(36)37)28(35)32-14-13-20-23(25(30)27(41-3)26(40-2)24(20)29)21(32)15-22(34)17-7-5-4-6-8-17/h4-14,16,21,31H,15H2,1-3H3/t16-,21?/m0/s1. The molecular weight excluding hydrogens is 698 g/mol. The van der Waals surface area contributed by atoms with Crippen molar-refractivity contribution >= 4 is 65.3 Å². The number of ether oxygens (including phenoxy) is 2. The quantitative estimate of drug-likeness (QED) is 0.161. The number of nitrogens with one attached hydrogen (secondary N) is 1. The molecule has 220 valence electrons. The van der Waals surface area contributed by atoms with Gasteiger partial charge in [-0.25, -0.2) is 8.42 Å². The van der Waals surface area contributed by atoms with Gasteiger partial charge in [0.1, 0.15) is 0 Å². The number of methoxy groups -OCH3 is 2. The van der Waals surface area contributed by atoms with Gasteiger partial charge in [0.25, 0.3) is 5.69 Å². The fourth-order valence-electron chi connectivity index (χ4n) is 4.60. The average Bonchev–Trinajstić information content (AvgIpc) is 2.98. The van der Waals surface area contributed by atoms with Crippen molar-refractivity contribution in [2.24, 2.45) is 0 Å². The summed E-state index contributed by atoms with van der Waals surface area (Å²) in [5.41, 5.74) is 1.38. The van der Waals surface area contributed by atoms with Crippen LogP contribution in [0.1, 0.15) is 40.9 Å². The molecule has 4 rings (SSSR count). The second-order valence-corrected chi connectivity index (χ2v) is 12.5. The van der Waals surface area contributed by atoms with Crippen LogP contribution >= 0.6 is 31.9 Å². The minimum Gasteiger partial charge on any atom is -0.492 e. The Labute approximate surface area is 259 Å². The van der Waals surface area contributed by atoms with Crippen molar-refractivity contribution in [2.75, 3.05) is 14.2 Å². The van der Waals surface area contributed by atoms with Gasteiger partial charge in [0.15, 0.2) is 17.3 Å². The number of nitro groups is 1. The second-order valence-electron chi connectivity index (χ2n) is 9.19. The number of fused-ring (bicyclic) bond motifs is 1. The molecule has 14 heteroatoms. The average molecular weight is 723 g/mol. The fraction of sp³-hybridized carbons (Fsp3) is 0.214. The van der Waals surface area contributed by atoms with Crippen LogP contribution in [0.3, 0.4) is 0 Å². The van der Waals surface area contributed by atoms with E-state index in [4.69, 9.17) is 9.47 Å². The third-order valence-corrected chi connectivity index (χ3v) is 9.77. The van der Waals surface area contributed by atoms with Crippen LogP contribution in [0.2, 0.25) is 0 Å². The molecule has 1 amide bonds. The van der Waals surface area contributed by atoms with E-state index in [9.17, 15) is 28.1 Å². The van der Waals surface area contributed by atoms with Gasteiger partial charge in [0, 0.05) is 41.4 Å². The summed E-state index contributed by atoms with van der Waals surface area (Å²) in [4.78, 5) is 38.6. The third-order valence-electron chi connectivity index (χ3n) is 6.64. The maximum Gasteiger partial charge on any atom is 0.269 e. The van der Waals surface area contributed by atoms with Gasteiger partial charge in [-0.15, -0.1) is 0 Å². The van der Waals surface area contributed by atoms with Crippen molar-refractivity contribution in [3.63, 3.8) is 0 Å². The number of nitrogens with zero attached hydrogens (tertiary/aromatic N) is 2. The highest BCUT2D eigenvalue weighted by Gasteiger charge is 2.38. The molecule has 0 bridgehead atoms. The molecule has 1 unspecified atom stereocenters. The predicted molar refractivity (Wildman–Crippen MR) is 162 cm³/mol. The molecule has 1 N–H and O–H groups in total. The fourth-order valence-corrected chi connectivity index (χ4v) is 7.30. The Bertz CT molecular complexity index is 1680. The zero-order chi connectivity index (χ0) is 30.8. The largest absolute Gasteiger partial charge is 0.492 e. The number of non-ortho nitro benzene ring substituents is 1. The Morgan fingerprint density at radius 3 is 2.19 bits per heavy atom. The van der Waals surface area contributed by atoms with Crippen molar-refractivity contribution in [2.45, 2.75) is 30.3 Å². The van der Waals surface area contributed by atoms with Crippen molar-refractivity contribution in [3.05, 3.63) is 96.5 Å². The number of hydrogen-bond donors (Lipinski definition) is 1.